The van der Waals surface area contributed by atoms with Crippen molar-refractivity contribution in [3.05, 3.63) is 116 Å². The van der Waals surface area contributed by atoms with E-state index in [0.29, 0.717) is 10.5 Å². The summed E-state index contributed by atoms with van der Waals surface area (Å²) in [6, 6.07) is 26.9. The highest BCUT2D eigenvalue weighted by Gasteiger charge is 2.24. The fourth-order valence-corrected chi connectivity index (χ4v) is 6.57. The molecule has 0 fully saturated rings. The highest BCUT2D eigenvalue weighted by atomic mass is 32.2. The maximum absolute atomic E-state index is 2.29. The van der Waals surface area contributed by atoms with Crippen molar-refractivity contribution in [2.75, 3.05) is 0 Å². The molecule has 0 saturated heterocycles. The Labute approximate surface area is 173 Å². The van der Waals surface area contributed by atoms with Crippen LogP contribution in [0.3, 0.4) is 0 Å². The summed E-state index contributed by atoms with van der Waals surface area (Å²) in [6.45, 7) is 4.30. The number of thiophene rings is 2. The molecule has 0 amide bonds. The molecule has 0 spiro atoms. The third kappa shape index (κ3) is 4.37. The lowest BCUT2D eigenvalue weighted by molar-refractivity contribution is 1.13. The molecule has 2 unspecified atom stereocenters. The average molecular weight is 407 g/mol. The Morgan fingerprint density at radius 2 is 1.00 bits per heavy atom. The van der Waals surface area contributed by atoms with Crippen molar-refractivity contribution >= 4 is 34.4 Å². The Morgan fingerprint density at radius 3 is 1.33 bits per heavy atom. The lowest BCUT2D eigenvalue weighted by atomic mass is 10.1. The van der Waals surface area contributed by atoms with E-state index in [2.05, 4.69) is 97.4 Å². The van der Waals surface area contributed by atoms with Crippen LogP contribution in [0.5, 0.6) is 0 Å². The second-order valence-electron chi connectivity index (χ2n) is 6.75. The van der Waals surface area contributed by atoms with E-state index in [-0.39, 0.29) is 0 Å². The molecule has 0 aliphatic rings. The van der Waals surface area contributed by atoms with Crippen molar-refractivity contribution in [3.8, 4) is 0 Å². The van der Waals surface area contributed by atoms with E-state index in [9.17, 15) is 0 Å². The van der Waals surface area contributed by atoms with Gasteiger partial charge in [-0.2, -0.15) is 0 Å². The van der Waals surface area contributed by atoms with E-state index >= 15 is 0 Å². The van der Waals surface area contributed by atoms with Crippen LogP contribution in [0.25, 0.3) is 0 Å². The zero-order valence-electron chi connectivity index (χ0n) is 15.5. The van der Waals surface area contributed by atoms with E-state index < -0.39 is 0 Å². The number of aryl methyl sites for hydroxylation is 2. The Kier molecular flexibility index (Phi) is 5.82. The van der Waals surface area contributed by atoms with Gasteiger partial charge in [0.15, 0.2) is 0 Å². The molecule has 2 aromatic carbocycles. The van der Waals surface area contributed by atoms with Crippen molar-refractivity contribution in [2.24, 2.45) is 0 Å². The summed E-state index contributed by atoms with van der Waals surface area (Å²) in [7, 11) is 0. The summed E-state index contributed by atoms with van der Waals surface area (Å²) in [4.78, 5) is 2.83. The van der Waals surface area contributed by atoms with Crippen molar-refractivity contribution < 1.29 is 0 Å². The molecule has 4 rings (SSSR count). The monoisotopic (exact) mass is 406 g/mol. The van der Waals surface area contributed by atoms with E-state index in [4.69, 9.17) is 0 Å². The first-order chi connectivity index (χ1) is 13.2. The third-order valence-corrected chi connectivity index (χ3v) is 8.40. The van der Waals surface area contributed by atoms with Crippen LogP contribution in [-0.4, -0.2) is 0 Å². The van der Waals surface area contributed by atoms with Gasteiger partial charge in [-0.3, -0.25) is 0 Å². The van der Waals surface area contributed by atoms with Crippen LogP contribution in [0.2, 0.25) is 0 Å². The third-order valence-electron chi connectivity index (χ3n) is 4.64. The normalized spacial score (nSPS) is 13.4. The van der Waals surface area contributed by atoms with E-state index in [0.717, 1.165) is 0 Å². The molecule has 3 heteroatoms. The molecule has 0 N–H and O–H groups in total. The fraction of sp³-hybridized carbons (Fsp3) is 0.167. The molecule has 0 nitrogen and oxygen atoms in total. The maximum atomic E-state index is 2.29. The zero-order chi connectivity index (χ0) is 18.6. The predicted molar refractivity (Wildman–Crippen MR) is 122 cm³/mol. The molecule has 136 valence electrons. The first-order valence-corrected chi connectivity index (χ1v) is 11.8. The van der Waals surface area contributed by atoms with Gasteiger partial charge in [-0.15, -0.1) is 34.4 Å². The number of thioether (sulfide) groups is 1. The highest BCUT2D eigenvalue weighted by molar-refractivity contribution is 8.00. The molecule has 0 saturated carbocycles. The molecule has 2 heterocycles. The molecule has 0 radical (unpaired) electrons. The average Bonchev–Trinajstić information content (AvgIpc) is 3.39. The van der Waals surface area contributed by atoms with Gasteiger partial charge in [-0.1, -0.05) is 71.8 Å². The molecule has 0 aliphatic carbocycles. The van der Waals surface area contributed by atoms with Crippen LogP contribution >= 0.6 is 34.4 Å². The summed E-state index contributed by atoms with van der Waals surface area (Å²) in [6.07, 6.45) is 0. The number of hydrogen-bond acceptors (Lipinski definition) is 3. The van der Waals surface area contributed by atoms with Gasteiger partial charge in [-0.05, 0) is 47.9 Å². The van der Waals surface area contributed by atoms with Crippen LogP contribution < -0.4 is 0 Å². The Bertz CT molecular complexity index is 868. The Morgan fingerprint density at radius 1 is 0.593 bits per heavy atom. The minimum atomic E-state index is 0.332. The van der Waals surface area contributed by atoms with Gasteiger partial charge in [0.25, 0.3) is 0 Å². The summed E-state index contributed by atoms with van der Waals surface area (Å²) < 4.78 is 0. The summed E-state index contributed by atoms with van der Waals surface area (Å²) in [5.41, 5.74) is 5.37. The minimum absolute atomic E-state index is 0.332. The van der Waals surface area contributed by atoms with E-state index in [1.165, 1.54) is 32.0 Å². The topological polar surface area (TPSA) is 0 Å². The maximum Gasteiger partial charge on any atom is 0.0650 e. The summed E-state index contributed by atoms with van der Waals surface area (Å²) >= 11 is 5.74. The Balaban J connectivity index is 1.74. The second-order valence-corrected chi connectivity index (χ2v) is 9.92. The first-order valence-electron chi connectivity index (χ1n) is 9.06. The SMILES string of the molecule is Cc1ccc(C(SC(c2ccc(C)cc2)c2cccs2)c2cccs2)cc1. The molecular formula is C24H22S3. The molecule has 27 heavy (non-hydrogen) atoms. The van der Waals surface area contributed by atoms with Crippen LogP contribution in [0, 0.1) is 13.8 Å². The van der Waals surface area contributed by atoms with Crippen molar-refractivity contribution in [1.82, 2.24) is 0 Å². The summed E-state index contributed by atoms with van der Waals surface area (Å²) in [5.74, 6) is 0. The van der Waals surface area contributed by atoms with Gasteiger partial charge in [0.05, 0.1) is 10.5 Å². The van der Waals surface area contributed by atoms with Crippen LogP contribution in [-0.2, 0) is 0 Å². The number of rotatable bonds is 6. The molecule has 0 aliphatic heterocycles. The largest absolute Gasteiger partial charge is 0.147 e. The number of benzene rings is 2. The van der Waals surface area contributed by atoms with Crippen molar-refractivity contribution in [2.45, 2.75) is 24.3 Å². The molecule has 4 aromatic rings. The first kappa shape index (κ1) is 18.5. The zero-order valence-corrected chi connectivity index (χ0v) is 17.9. The van der Waals surface area contributed by atoms with Gasteiger partial charge in [0.1, 0.15) is 0 Å². The quantitative estimate of drug-likeness (QED) is 0.312. The lowest BCUT2D eigenvalue weighted by Crippen LogP contribution is -2.02. The molecular weight excluding hydrogens is 384 g/mol. The van der Waals surface area contributed by atoms with Gasteiger partial charge in [-0.25, -0.2) is 0 Å². The molecule has 2 aromatic heterocycles. The molecule has 0 bridgehead atoms. The van der Waals surface area contributed by atoms with Gasteiger partial charge in [0.2, 0.25) is 0 Å². The fourth-order valence-electron chi connectivity index (χ4n) is 3.12. The second kappa shape index (κ2) is 8.47. The van der Waals surface area contributed by atoms with E-state index in [1.807, 2.05) is 34.4 Å². The van der Waals surface area contributed by atoms with Crippen LogP contribution in [0.15, 0.2) is 83.6 Å². The summed E-state index contributed by atoms with van der Waals surface area (Å²) in [5, 5.41) is 5.03. The Hall–Kier alpha value is -1.81. The predicted octanol–water partition coefficient (Wildman–Crippen LogP) is 8.04. The minimum Gasteiger partial charge on any atom is -0.147 e. The highest BCUT2D eigenvalue weighted by Crippen LogP contribution is 2.49. The molecule has 2 atom stereocenters. The van der Waals surface area contributed by atoms with Crippen LogP contribution in [0.1, 0.15) is 42.5 Å². The van der Waals surface area contributed by atoms with Gasteiger partial charge in [0, 0.05) is 9.75 Å². The van der Waals surface area contributed by atoms with Gasteiger partial charge < -0.3 is 0 Å². The standard InChI is InChI=1S/C24H22S3/c1-17-7-11-19(12-8-17)23(21-5-3-15-25-21)27-24(22-6-4-16-26-22)20-13-9-18(2)10-14-20/h3-16,23-24H,1-2H3. The van der Waals surface area contributed by atoms with Crippen molar-refractivity contribution in [1.29, 1.82) is 0 Å². The van der Waals surface area contributed by atoms with Crippen molar-refractivity contribution in [3.63, 3.8) is 0 Å². The van der Waals surface area contributed by atoms with Gasteiger partial charge >= 0.3 is 0 Å². The van der Waals surface area contributed by atoms with E-state index in [1.54, 1.807) is 0 Å². The smallest absolute Gasteiger partial charge is 0.0650 e. The van der Waals surface area contributed by atoms with Crippen LogP contribution in [0.4, 0.5) is 0 Å². The lowest BCUT2D eigenvalue weighted by Gasteiger charge is -2.23. The number of hydrogen-bond donors (Lipinski definition) is 0.